The second-order valence-electron chi connectivity index (χ2n) is 6.69. The summed E-state index contributed by atoms with van der Waals surface area (Å²) in [7, 11) is 0. The van der Waals surface area contributed by atoms with Crippen molar-refractivity contribution in [2.24, 2.45) is 5.92 Å². The molecule has 0 amide bonds. The number of rotatable bonds is 9. The number of hydrogen-bond donors (Lipinski definition) is 1. The van der Waals surface area contributed by atoms with Crippen molar-refractivity contribution in [1.82, 2.24) is 0 Å². The van der Waals surface area contributed by atoms with E-state index in [-0.39, 0.29) is 0 Å². The van der Waals surface area contributed by atoms with Gasteiger partial charge in [0.1, 0.15) is 0 Å². The van der Waals surface area contributed by atoms with E-state index < -0.39 is 0 Å². The van der Waals surface area contributed by atoms with Gasteiger partial charge in [-0.05, 0) is 37.2 Å². The van der Waals surface area contributed by atoms with E-state index in [1.807, 2.05) is 0 Å². The van der Waals surface area contributed by atoms with Crippen LogP contribution >= 0.6 is 0 Å². The summed E-state index contributed by atoms with van der Waals surface area (Å²) in [5, 5.41) is 8.57. The highest BCUT2D eigenvalue weighted by molar-refractivity contribution is 5.14. The molecule has 0 spiro atoms. The Balaban J connectivity index is 0.000000287. The molecule has 0 atom stereocenters. The molecule has 1 fully saturated rings. The molecule has 0 bridgehead atoms. The lowest BCUT2D eigenvalue weighted by Crippen LogP contribution is -1.97. The summed E-state index contributed by atoms with van der Waals surface area (Å²) in [6.07, 6.45) is 16.3. The van der Waals surface area contributed by atoms with Gasteiger partial charge in [0, 0.05) is 6.61 Å². The van der Waals surface area contributed by atoms with E-state index in [2.05, 4.69) is 37.3 Å². The van der Waals surface area contributed by atoms with Gasteiger partial charge in [0.15, 0.2) is 0 Å². The first-order chi connectivity index (χ1) is 10.9. The van der Waals surface area contributed by atoms with Gasteiger partial charge in [-0.25, -0.2) is 0 Å². The zero-order chi connectivity index (χ0) is 15.9. The number of unbranched alkanes of at least 4 members (excludes halogenated alkanes) is 6. The predicted octanol–water partition coefficient (Wildman–Crippen LogP) is 6.15. The Labute approximate surface area is 138 Å². The Bertz CT molecular complexity index is 327. The average Bonchev–Trinajstić information content (AvgIpc) is 3.09. The molecule has 1 saturated carbocycles. The monoisotopic (exact) mass is 304 g/mol. The second kappa shape index (κ2) is 13.8. The zero-order valence-corrected chi connectivity index (χ0v) is 14.6. The van der Waals surface area contributed by atoms with Crippen LogP contribution in [0.5, 0.6) is 0 Å². The first kappa shape index (κ1) is 19.2. The molecule has 1 aliphatic rings. The van der Waals surface area contributed by atoms with Crippen LogP contribution in [-0.2, 0) is 6.42 Å². The van der Waals surface area contributed by atoms with Crippen LogP contribution in [-0.4, -0.2) is 11.7 Å². The van der Waals surface area contributed by atoms with Crippen molar-refractivity contribution in [2.75, 3.05) is 6.61 Å². The first-order valence-corrected chi connectivity index (χ1v) is 9.51. The molecule has 1 nitrogen and oxygen atoms in total. The third-order valence-corrected chi connectivity index (χ3v) is 4.64. The molecule has 1 N–H and O–H groups in total. The number of benzene rings is 1. The minimum atomic E-state index is 0.417. The van der Waals surface area contributed by atoms with Crippen LogP contribution in [0.3, 0.4) is 0 Å². The molecule has 2 rings (SSSR count). The summed E-state index contributed by atoms with van der Waals surface area (Å²) in [6.45, 7) is 2.69. The fraction of sp³-hybridized carbons (Fsp3) is 0.714. The van der Waals surface area contributed by atoms with Gasteiger partial charge in [0.05, 0.1) is 0 Å². The largest absolute Gasteiger partial charge is 0.396 e. The fourth-order valence-corrected chi connectivity index (χ4v) is 3.12. The molecule has 22 heavy (non-hydrogen) atoms. The van der Waals surface area contributed by atoms with E-state index in [0.29, 0.717) is 12.5 Å². The molecule has 0 heterocycles. The van der Waals surface area contributed by atoms with Crippen molar-refractivity contribution < 1.29 is 5.11 Å². The lowest BCUT2D eigenvalue weighted by atomic mass is 10.0. The van der Waals surface area contributed by atoms with Crippen molar-refractivity contribution in [1.29, 1.82) is 0 Å². The van der Waals surface area contributed by atoms with Crippen LogP contribution in [0.2, 0.25) is 0 Å². The number of aliphatic hydroxyl groups excluding tert-OH is 1. The minimum absolute atomic E-state index is 0.417. The quantitative estimate of drug-likeness (QED) is 0.542. The van der Waals surface area contributed by atoms with E-state index in [1.54, 1.807) is 0 Å². The van der Waals surface area contributed by atoms with E-state index in [0.717, 1.165) is 0 Å². The van der Waals surface area contributed by atoms with E-state index in [1.165, 1.54) is 82.6 Å². The Morgan fingerprint density at radius 3 is 2.00 bits per heavy atom. The van der Waals surface area contributed by atoms with E-state index in [4.69, 9.17) is 5.11 Å². The van der Waals surface area contributed by atoms with Crippen LogP contribution in [0, 0.1) is 5.92 Å². The van der Waals surface area contributed by atoms with Gasteiger partial charge >= 0.3 is 0 Å². The van der Waals surface area contributed by atoms with Crippen LogP contribution in [0.15, 0.2) is 30.3 Å². The molecule has 0 radical (unpaired) electrons. The van der Waals surface area contributed by atoms with Gasteiger partial charge in [-0.3, -0.25) is 0 Å². The normalized spacial score (nSPS) is 14.6. The SMILES string of the molecule is CCCCCCCCCc1ccccc1.OCC1CCCC1. The summed E-state index contributed by atoms with van der Waals surface area (Å²) < 4.78 is 0. The van der Waals surface area contributed by atoms with Gasteiger partial charge in [-0.1, -0.05) is 88.6 Å². The molecular weight excluding hydrogens is 268 g/mol. The van der Waals surface area contributed by atoms with Crippen molar-refractivity contribution in [3.63, 3.8) is 0 Å². The van der Waals surface area contributed by atoms with Gasteiger partial charge < -0.3 is 5.11 Å². The Morgan fingerprint density at radius 1 is 0.864 bits per heavy atom. The maximum atomic E-state index is 8.57. The maximum Gasteiger partial charge on any atom is 0.0459 e. The number of aliphatic hydroxyl groups is 1. The van der Waals surface area contributed by atoms with Crippen LogP contribution in [0.4, 0.5) is 0 Å². The summed E-state index contributed by atoms with van der Waals surface area (Å²) >= 11 is 0. The molecule has 126 valence electrons. The molecule has 1 heteroatoms. The molecule has 1 aromatic carbocycles. The van der Waals surface area contributed by atoms with Crippen molar-refractivity contribution >= 4 is 0 Å². The van der Waals surface area contributed by atoms with Gasteiger partial charge in [-0.15, -0.1) is 0 Å². The third-order valence-electron chi connectivity index (χ3n) is 4.64. The second-order valence-corrected chi connectivity index (χ2v) is 6.69. The highest BCUT2D eigenvalue weighted by Gasteiger charge is 2.12. The standard InChI is InChI=1S/C15H24.C6H12O/c1-2-3-4-5-6-7-9-12-15-13-10-8-11-14-15;7-5-6-3-1-2-4-6/h8,10-11,13-14H,2-7,9,12H2,1H3;6-7H,1-5H2. The van der Waals surface area contributed by atoms with Crippen molar-refractivity contribution in [3.05, 3.63) is 35.9 Å². The van der Waals surface area contributed by atoms with Crippen LogP contribution in [0.25, 0.3) is 0 Å². The van der Waals surface area contributed by atoms with E-state index >= 15 is 0 Å². The van der Waals surface area contributed by atoms with Gasteiger partial charge in [0.25, 0.3) is 0 Å². The van der Waals surface area contributed by atoms with Crippen molar-refractivity contribution in [2.45, 2.75) is 84.0 Å². The molecule has 0 aromatic heterocycles. The van der Waals surface area contributed by atoms with Crippen LogP contribution in [0.1, 0.15) is 83.1 Å². The Morgan fingerprint density at radius 2 is 1.45 bits per heavy atom. The molecule has 1 aliphatic carbocycles. The zero-order valence-electron chi connectivity index (χ0n) is 14.6. The summed E-state index contributed by atoms with van der Waals surface area (Å²) in [6, 6.07) is 10.8. The molecule has 0 unspecified atom stereocenters. The average molecular weight is 305 g/mol. The number of aryl methyl sites for hydroxylation is 1. The third kappa shape index (κ3) is 10.00. The van der Waals surface area contributed by atoms with Crippen molar-refractivity contribution in [3.8, 4) is 0 Å². The minimum Gasteiger partial charge on any atom is -0.396 e. The smallest absolute Gasteiger partial charge is 0.0459 e. The fourth-order valence-electron chi connectivity index (χ4n) is 3.12. The molecule has 0 saturated heterocycles. The van der Waals surface area contributed by atoms with Crippen LogP contribution < -0.4 is 0 Å². The lowest BCUT2D eigenvalue weighted by molar-refractivity contribution is 0.230. The highest BCUT2D eigenvalue weighted by Crippen LogP contribution is 2.23. The van der Waals surface area contributed by atoms with Gasteiger partial charge in [0.2, 0.25) is 0 Å². The van der Waals surface area contributed by atoms with E-state index in [9.17, 15) is 0 Å². The molecule has 1 aromatic rings. The molecule has 0 aliphatic heterocycles. The first-order valence-electron chi connectivity index (χ1n) is 9.51. The lowest BCUT2D eigenvalue weighted by Gasteiger charge is -2.01. The molecular formula is C21H36O. The highest BCUT2D eigenvalue weighted by atomic mass is 16.3. The Kier molecular flexibility index (Phi) is 12.1. The maximum absolute atomic E-state index is 8.57. The predicted molar refractivity (Wildman–Crippen MR) is 97.2 cm³/mol. The summed E-state index contributed by atoms with van der Waals surface area (Å²) in [5.41, 5.74) is 1.49. The summed E-state index contributed by atoms with van der Waals surface area (Å²) in [4.78, 5) is 0. The number of hydrogen-bond acceptors (Lipinski definition) is 1. The Hall–Kier alpha value is -0.820. The van der Waals surface area contributed by atoms with Gasteiger partial charge in [-0.2, -0.15) is 0 Å². The topological polar surface area (TPSA) is 20.2 Å². The summed E-state index contributed by atoms with van der Waals surface area (Å²) in [5.74, 6) is 0.653.